The molecule has 0 fully saturated rings. The van der Waals surface area contributed by atoms with Gasteiger partial charge in [0.15, 0.2) is 0 Å². The topological polar surface area (TPSA) is 34.9 Å². The fraction of sp³-hybridized carbons (Fsp3) is 0.200. The van der Waals surface area contributed by atoms with Gasteiger partial charge in [0, 0.05) is 24.2 Å². The maximum atomic E-state index is 12.0. The molecule has 2 rings (SSSR count). The van der Waals surface area contributed by atoms with E-state index in [0.29, 0.717) is 5.69 Å². The van der Waals surface area contributed by atoms with Crippen LogP contribution >= 0.6 is 11.3 Å². The van der Waals surface area contributed by atoms with E-state index in [1.54, 1.807) is 35.3 Å². The number of carbonyl (C=O) groups is 1. The molecule has 0 unspecified atom stereocenters. The summed E-state index contributed by atoms with van der Waals surface area (Å²) in [6.07, 6.45) is 1.63. The molecule has 2 aromatic rings. The van der Waals surface area contributed by atoms with Crippen LogP contribution in [0.25, 0.3) is 0 Å². The molecule has 0 radical (unpaired) electrons. The van der Waals surface area contributed by atoms with E-state index in [1.165, 1.54) is 0 Å². The van der Waals surface area contributed by atoms with E-state index >= 15 is 0 Å². The number of hydrogen-bond donors (Lipinski definition) is 0. The lowest BCUT2D eigenvalue weighted by Crippen LogP contribution is -2.08. The Morgan fingerprint density at radius 2 is 2.29 bits per heavy atom. The Kier molecular flexibility index (Phi) is 2.21. The molecule has 0 aromatic carbocycles. The molecule has 0 spiro atoms. The Morgan fingerprint density at radius 1 is 1.50 bits per heavy atom. The highest BCUT2D eigenvalue weighted by Crippen LogP contribution is 2.17. The molecule has 3 nitrogen and oxygen atoms in total. The average Bonchev–Trinajstić information content (AvgIpc) is 2.73. The van der Waals surface area contributed by atoms with Crippen LogP contribution in [0.15, 0.2) is 23.0 Å². The molecule has 0 N–H and O–H groups in total. The van der Waals surface area contributed by atoms with Gasteiger partial charge in [0.05, 0.1) is 0 Å². The molecule has 0 aliphatic heterocycles. The van der Waals surface area contributed by atoms with Gasteiger partial charge in [0.25, 0.3) is 0 Å². The summed E-state index contributed by atoms with van der Waals surface area (Å²) in [6, 6.07) is 1.74. The highest BCUT2D eigenvalue weighted by atomic mass is 32.1. The molecule has 0 aliphatic rings. The number of aromatic nitrogens is 2. The molecule has 4 heteroatoms. The molecule has 2 heterocycles. The van der Waals surface area contributed by atoms with Crippen molar-refractivity contribution in [3.05, 3.63) is 39.8 Å². The molecular formula is C10H10N2OS. The number of rotatable bonds is 2. The summed E-state index contributed by atoms with van der Waals surface area (Å²) in [7, 11) is 1.77. The third kappa shape index (κ3) is 1.37. The van der Waals surface area contributed by atoms with Crippen LogP contribution in [0.4, 0.5) is 0 Å². The lowest BCUT2D eigenvalue weighted by atomic mass is 10.1. The first-order valence-electron chi connectivity index (χ1n) is 4.25. The van der Waals surface area contributed by atoms with Crippen LogP contribution in [0.5, 0.6) is 0 Å². The zero-order valence-corrected chi connectivity index (χ0v) is 8.84. The lowest BCUT2D eigenvalue weighted by molar-refractivity contribution is 0.103. The summed E-state index contributed by atoms with van der Waals surface area (Å²) in [4.78, 5) is 12.0. The van der Waals surface area contributed by atoms with Gasteiger partial charge in [0.2, 0.25) is 5.78 Å². The van der Waals surface area contributed by atoms with Gasteiger partial charge in [-0.25, -0.2) is 0 Å². The monoisotopic (exact) mass is 206 g/mol. The minimum atomic E-state index is 0.0451. The fourth-order valence-corrected chi connectivity index (χ4v) is 2.16. The van der Waals surface area contributed by atoms with Gasteiger partial charge in [0.1, 0.15) is 5.69 Å². The van der Waals surface area contributed by atoms with Crippen molar-refractivity contribution in [3.63, 3.8) is 0 Å². The summed E-state index contributed by atoms with van der Waals surface area (Å²) in [6.45, 7) is 1.94. The maximum Gasteiger partial charge on any atom is 0.212 e. The van der Waals surface area contributed by atoms with Crippen LogP contribution in [0.2, 0.25) is 0 Å². The largest absolute Gasteiger partial charge is 0.287 e. The first kappa shape index (κ1) is 9.15. The first-order valence-corrected chi connectivity index (χ1v) is 5.20. The van der Waals surface area contributed by atoms with Gasteiger partial charge in [-0.3, -0.25) is 9.48 Å². The van der Waals surface area contributed by atoms with Gasteiger partial charge in [-0.1, -0.05) is 0 Å². The number of hydrogen-bond acceptors (Lipinski definition) is 3. The molecular weight excluding hydrogens is 196 g/mol. The van der Waals surface area contributed by atoms with Crippen LogP contribution in [-0.2, 0) is 7.05 Å². The van der Waals surface area contributed by atoms with E-state index in [2.05, 4.69) is 5.10 Å². The standard InChI is InChI=1S/C10H10N2OS/c1-7-5-14-6-8(7)10(13)9-3-4-11-12(9)2/h3-6H,1-2H3. The summed E-state index contributed by atoms with van der Waals surface area (Å²) in [5.74, 6) is 0.0451. The van der Waals surface area contributed by atoms with Crippen molar-refractivity contribution >= 4 is 17.1 Å². The van der Waals surface area contributed by atoms with Crippen LogP contribution in [0.1, 0.15) is 21.6 Å². The van der Waals surface area contributed by atoms with Crippen LogP contribution < -0.4 is 0 Å². The third-order valence-corrected chi connectivity index (χ3v) is 3.02. The average molecular weight is 206 g/mol. The Bertz CT molecular complexity index is 428. The molecule has 0 saturated carbocycles. The zero-order valence-electron chi connectivity index (χ0n) is 8.02. The highest BCUT2D eigenvalue weighted by molar-refractivity contribution is 7.08. The quantitative estimate of drug-likeness (QED) is 0.705. The lowest BCUT2D eigenvalue weighted by Gasteiger charge is -1.99. The second-order valence-corrected chi connectivity index (χ2v) is 3.88. The van der Waals surface area contributed by atoms with E-state index in [0.717, 1.165) is 11.1 Å². The highest BCUT2D eigenvalue weighted by Gasteiger charge is 2.14. The Balaban J connectivity index is 2.44. The number of thiophene rings is 1. The van der Waals surface area contributed by atoms with Crippen molar-refractivity contribution in [2.24, 2.45) is 7.05 Å². The van der Waals surface area contributed by atoms with Crippen LogP contribution in [0.3, 0.4) is 0 Å². The van der Waals surface area contributed by atoms with Gasteiger partial charge < -0.3 is 0 Å². The summed E-state index contributed by atoms with van der Waals surface area (Å²) in [5.41, 5.74) is 2.44. The van der Waals surface area contributed by atoms with Crippen LogP contribution in [0, 0.1) is 6.92 Å². The molecule has 2 aromatic heterocycles. The van der Waals surface area contributed by atoms with Crippen molar-refractivity contribution in [1.29, 1.82) is 0 Å². The number of ketones is 1. The number of aryl methyl sites for hydroxylation is 2. The van der Waals surface area contributed by atoms with Gasteiger partial charge in [-0.2, -0.15) is 16.4 Å². The van der Waals surface area contributed by atoms with Crippen molar-refractivity contribution in [1.82, 2.24) is 9.78 Å². The minimum Gasteiger partial charge on any atom is -0.287 e. The number of carbonyl (C=O) groups excluding carboxylic acids is 1. The summed E-state index contributed by atoms with van der Waals surface area (Å²) in [5, 5.41) is 7.83. The SMILES string of the molecule is Cc1cscc1C(=O)c1ccnn1C. The Hall–Kier alpha value is -1.42. The molecule has 14 heavy (non-hydrogen) atoms. The molecule has 0 bridgehead atoms. The van der Waals surface area contributed by atoms with Crippen LogP contribution in [-0.4, -0.2) is 15.6 Å². The maximum absolute atomic E-state index is 12.0. The molecule has 0 saturated heterocycles. The normalized spacial score (nSPS) is 10.4. The van der Waals surface area contributed by atoms with E-state index in [9.17, 15) is 4.79 Å². The van der Waals surface area contributed by atoms with E-state index in [1.807, 2.05) is 17.7 Å². The second kappa shape index (κ2) is 3.38. The Morgan fingerprint density at radius 3 is 2.79 bits per heavy atom. The first-order chi connectivity index (χ1) is 6.70. The van der Waals surface area contributed by atoms with Crippen molar-refractivity contribution in [3.8, 4) is 0 Å². The molecule has 0 aliphatic carbocycles. The van der Waals surface area contributed by atoms with Gasteiger partial charge >= 0.3 is 0 Å². The number of nitrogens with zero attached hydrogens (tertiary/aromatic N) is 2. The Labute approximate surface area is 86.0 Å². The third-order valence-electron chi connectivity index (χ3n) is 2.15. The molecule has 72 valence electrons. The zero-order chi connectivity index (χ0) is 10.1. The van der Waals surface area contributed by atoms with E-state index in [4.69, 9.17) is 0 Å². The predicted molar refractivity (Wildman–Crippen MR) is 55.7 cm³/mol. The fourth-order valence-electron chi connectivity index (χ4n) is 1.33. The van der Waals surface area contributed by atoms with Crippen molar-refractivity contribution in [2.45, 2.75) is 6.92 Å². The summed E-state index contributed by atoms with van der Waals surface area (Å²) >= 11 is 1.55. The molecule has 0 amide bonds. The predicted octanol–water partition coefficient (Wildman–Crippen LogP) is 2.02. The van der Waals surface area contributed by atoms with E-state index < -0.39 is 0 Å². The van der Waals surface area contributed by atoms with Crippen molar-refractivity contribution in [2.75, 3.05) is 0 Å². The summed E-state index contributed by atoms with van der Waals surface area (Å²) < 4.78 is 1.60. The van der Waals surface area contributed by atoms with Crippen molar-refractivity contribution < 1.29 is 4.79 Å². The second-order valence-electron chi connectivity index (χ2n) is 3.14. The minimum absolute atomic E-state index is 0.0451. The van der Waals surface area contributed by atoms with E-state index in [-0.39, 0.29) is 5.78 Å². The van der Waals surface area contributed by atoms with Gasteiger partial charge in [-0.05, 0) is 23.9 Å². The smallest absolute Gasteiger partial charge is 0.212 e. The van der Waals surface area contributed by atoms with Gasteiger partial charge in [-0.15, -0.1) is 0 Å². The molecule has 0 atom stereocenters.